The summed E-state index contributed by atoms with van der Waals surface area (Å²) >= 11 is 9.55. The second-order valence-electron chi connectivity index (χ2n) is 5.23. The van der Waals surface area contributed by atoms with Crippen LogP contribution in [0.3, 0.4) is 0 Å². The number of anilines is 1. The molecule has 3 rings (SSSR count). The standard InChI is InChI=1S/C16H14BrClN2O3/c17-12-8-11(23-15(12)20-5-1-2-6-20)9-19-14-7-10(16(21)22)3-4-13(14)18/h3-4,7-9H,1-2,5-6H2,(H,21,22). The lowest BCUT2D eigenvalue weighted by molar-refractivity contribution is 0.0697. The van der Waals surface area contributed by atoms with Crippen LogP contribution in [0.25, 0.3) is 0 Å². The SMILES string of the molecule is O=C(O)c1ccc(Cl)c(N=Cc2cc(Br)c(N3CCCC3)o2)c1. The predicted octanol–water partition coefficient (Wildman–Crippen LogP) is 4.74. The summed E-state index contributed by atoms with van der Waals surface area (Å²) in [6, 6.07) is 6.23. The molecule has 2 heterocycles. The van der Waals surface area contributed by atoms with Gasteiger partial charge in [0.05, 0.1) is 27.0 Å². The molecule has 1 N–H and O–H groups in total. The van der Waals surface area contributed by atoms with Gasteiger partial charge in [0.25, 0.3) is 0 Å². The average Bonchev–Trinajstić information content (AvgIpc) is 3.15. The van der Waals surface area contributed by atoms with E-state index in [0.717, 1.165) is 36.3 Å². The minimum absolute atomic E-state index is 0.139. The number of carboxylic acids is 1. The third-order valence-corrected chi connectivity index (χ3v) is 4.49. The van der Waals surface area contributed by atoms with Crippen LogP contribution in [0.15, 0.2) is 38.1 Å². The first kappa shape index (κ1) is 16.1. The van der Waals surface area contributed by atoms with Crippen molar-refractivity contribution in [2.75, 3.05) is 18.0 Å². The Hall–Kier alpha value is -1.79. The fraction of sp³-hybridized carbons (Fsp3) is 0.250. The number of nitrogens with zero attached hydrogens (tertiary/aromatic N) is 2. The molecule has 5 nitrogen and oxygen atoms in total. The molecule has 0 amide bonds. The van der Waals surface area contributed by atoms with Crippen LogP contribution in [0.2, 0.25) is 5.02 Å². The lowest BCUT2D eigenvalue weighted by atomic mass is 10.2. The number of furan rings is 1. The van der Waals surface area contributed by atoms with Gasteiger partial charge in [-0.1, -0.05) is 11.6 Å². The molecule has 0 radical (unpaired) electrons. The summed E-state index contributed by atoms with van der Waals surface area (Å²) in [5.41, 5.74) is 0.529. The van der Waals surface area contributed by atoms with Crippen molar-refractivity contribution in [1.82, 2.24) is 0 Å². The highest BCUT2D eigenvalue weighted by atomic mass is 79.9. The Morgan fingerprint density at radius 1 is 1.35 bits per heavy atom. The van der Waals surface area contributed by atoms with E-state index in [-0.39, 0.29) is 5.56 Å². The zero-order valence-electron chi connectivity index (χ0n) is 12.1. The maximum absolute atomic E-state index is 11.0. The first-order valence-electron chi connectivity index (χ1n) is 7.16. The van der Waals surface area contributed by atoms with Crippen LogP contribution in [0.4, 0.5) is 11.6 Å². The summed E-state index contributed by atoms with van der Waals surface area (Å²) < 4.78 is 6.69. The smallest absolute Gasteiger partial charge is 0.335 e. The topological polar surface area (TPSA) is 66.0 Å². The van der Waals surface area contributed by atoms with E-state index in [1.54, 1.807) is 0 Å². The zero-order valence-corrected chi connectivity index (χ0v) is 14.5. The third kappa shape index (κ3) is 3.59. The minimum Gasteiger partial charge on any atom is -0.478 e. The number of hydrogen-bond donors (Lipinski definition) is 1. The number of aliphatic imine (C=N–C) groups is 1. The fourth-order valence-electron chi connectivity index (χ4n) is 2.45. The molecule has 1 aliphatic heterocycles. The van der Waals surface area contributed by atoms with Gasteiger partial charge in [-0.05, 0) is 47.0 Å². The molecule has 1 aromatic carbocycles. The molecule has 7 heteroatoms. The molecule has 120 valence electrons. The van der Waals surface area contributed by atoms with Crippen LogP contribution in [0, 0.1) is 0 Å². The third-order valence-electron chi connectivity index (χ3n) is 3.61. The number of hydrogen-bond acceptors (Lipinski definition) is 4. The molecule has 1 saturated heterocycles. The van der Waals surface area contributed by atoms with E-state index >= 15 is 0 Å². The highest BCUT2D eigenvalue weighted by molar-refractivity contribution is 9.10. The molecule has 0 aliphatic carbocycles. The normalized spacial score (nSPS) is 14.8. The molecular formula is C16H14BrClN2O3. The lowest BCUT2D eigenvalue weighted by Crippen LogP contribution is -2.17. The van der Waals surface area contributed by atoms with Crippen molar-refractivity contribution in [2.24, 2.45) is 4.99 Å². The lowest BCUT2D eigenvalue weighted by Gasteiger charge is -2.13. The van der Waals surface area contributed by atoms with Gasteiger partial charge < -0.3 is 14.4 Å². The number of benzene rings is 1. The highest BCUT2D eigenvalue weighted by Crippen LogP contribution is 2.32. The second kappa shape index (κ2) is 6.76. The van der Waals surface area contributed by atoms with Crippen LogP contribution < -0.4 is 4.90 Å². The van der Waals surface area contributed by atoms with Gasteiger partial charge in [0.2, 0.25) is 5.88 Å². The van der Waals surface area contributed by atoms with Crippen LogP contribution >= 0.6 is 27.5 Å². The van der Waals surface area contributed by atoms with Gasteiger partial charge in [-0.3, -0.25) is 4.99 Å². The van der Waals surface area contributed by atoms with Crippen molar-refractivity contribution in [1.29, 1.82) is 0 Å². The first-order valence-corrected chi connectivity index (χ1v) is 8.33. The average molecular weight is 398 g/mol. The number of halogens is 2. The van der Waals surface area contributed by atoms with E-state index in [4.69, 9.17) is 21.1 Å². The van der Waals surface area contributed by atoms with E-state index in [9.17, 15) is 4.79 Å². The van der Waals surface area contributed by atoms with Crippen molar-refractivity contribution < 1.29 is 14.3 Å². The highest BCUT2D eigenvalue weighted by Gasteiger charge is 2.19. The van der Waals surface area contributed by atoms with Crippen LogP contribution in [-0.4, -0.2) is 30.4 Å². The Kier molecular flexibility index (Phi) is 4.73. The summed E-state index contributed by atoms with van der Waals surface area (Å²) in [6.45, 7) is 1.96. The first-order chi connectivity index (χ1) is 11.0. The van der Waals surface area contributed by atoms with Crippen molar-refractivity contribution in [2.45, 2.75) is 12.8 Å². The van der Waals surface area contributed by atoms with Crippen molar-refractivity contribution in [3.05, 3.63) is 45.1 Å². The Morgan fingerprint density at radius 3 is 2.78 bits per heavy atom. The largest absolute Gasteiger partial charge is 0.478 e. The summed E-state index contributed by atoms with van der Waals surface area (Å²) in [4.78, 5) is 17.4. The predicted molar refractivity (Wildman–Crippen MR) is 93.5 cm³/mol. The molecular weight excluding hydrogens is 384 g/mol. The Labute approximate surface area is 146 Å². The molecule has 1 fully saturated rings. The van der Waals surface area contributed by atoms with Gasteiger partial charge in [-0.25, -0.2) is 4.79 Å². The summed E-state index contributed by atoms with van der Waals surface area (Å²) in [5.74, 6) is 0.361. The van der Waals surface area contributed by atoms with Gasteiger partial charge in [0.15, 0.2) is 0 Å². The van der Waals surface area contributed by atoms with Gasteiger partial charge in [0.1, 0.15) is 5.76 Å². The second-order valence-corrected chi connectivity index (χ2v) is 6.49. The zero-order chi connectivity index (χ0) is 16.4. The number of carbonyl (C=O) groups is 1. The van der Waals surface area contributed by atoms with Crippen molar-refractivity contribution in [3.8, 4) is 0 Å². The molecule has 0 spiro atoms. The van der Waals surface area contributed by atoms with E-state index in [0.29, 0.717) is 16.5 Å². The van der Waals surface area contributed by atoms with Crippen LogP contribution in [0.5, 0.6) is 0 Å². The molecule has 1 aliphatic rings. The molecule has 0 saturated carbocycles. The van der Waals surface area contributed by atoms with Gasteiger partial charge >= 0.3 is 5.97 Å². The van der Waals surface area contributed by atoms with Crippen molar-refractivity contribution >= 4 is 51.3 Å². The van der Waals surface area contributed by atoms with E-state index < -0.39 is 5.97 Å². The summed E-state index contributed by atoms with van der Waals surface area (Å²) in [7, 11) is 0. The van der Waals surface area contributed by atoms with Gasteiger partial charge in [-0.15, -0.1) is 0 Å². The monoisotopic (exact) mass is 396 g/mol. The van der Waals surface area contributed by atoms with Crippen LogP contribution in [0.1, 0.15) is 29.0 Å². The Bertz CT molecular complexity index is 767. The van der Waals surface area contributed by atoms with Crippen LogP contribution in [-0.2, 0) is 0 Å². The minimum atomic E-state index is -1.02. The van der Waals surface area contributed by atoms with Crippen molar-refractivity contribution in [3.63, 3.8) is 0 Å². The number of aromatic carboxylic acids is 1. The molecule has 1 aromatic heterocycles. The summed E-state index contributed by atoms with van der Waals surface area (Å²) in [6.07, 6.45) is 3.86. The maximum atomic E-state index is 11.0. The van der Waals surface area contributed by atoms with E-state index in [2.05, 4.69) is 25.8 Å². The number of carboxylic acid groups (broad SMARTS) is 1. The molecule has 0 bridgehead atoms. The molecule has 0 atom stereocenters. The maximum Gasteiger partial charge on any atom is 0.335 e. The quantitative estimate of drug-likeness (QED) is 0.756. The van der Waals surface area contributed by atoms with Gasteiger partial charge in [0, 0.05) is 19.2 Å². The Balaban J connectivity index is 1.84. The van der Waals surface area contributed by atoms with Gasteiger partial charge in [-0.2, -0.15) is 0 Å². The fourth-order valence-corrected chi connectivity index (χ4v) is 3.18. The number of rotatable bonds is 4. The Morgan fingerprint density at radius 2 is 2.09 bits per heavy atom. The molecule has 23 heavy (non-hydrogen) atoms. The summed E-state index contributed by atoms with van der Waals surface area (Å²) in [5, 5.41) is 9.41. The molecule has 0 unspecified atom stereocenters. The van der Waals surface area contributed by atoms with E-state index in [1.165, 1.54) is 24.4 Å². The van der Waals surface area contributed by atoms with E-state index in [1.807, 2.05) is 6.07 Å². The molecule has 2 aromatic rings.